The highest BCUT2D eigenvalue weighted by Gasteiger charge is 2.73. The summed E-state index contributed by atoms with van der Waals surface area (Å²) in [5.41, 5.74) is -3.57. The molecule has 1 amide bonds. The van der Waals surface area contributed by atoms with Gasteiger partial charge in [-0.25, -0.2) is 24.0 Å². The molecule has 2 aromatic rings. The van der Waals surface area contributed by atoms with Crippen LogP contribution in [0.5, 0.6) is 11.5 Å². The van der Waals surface area contributed by atoms with Crippen LogP contribution in [-0.2, 0) is 61.9 Å². The normalized spacial score (nSPS) is 29.8. The molecule has 2 heterocycles. The summed E-state index contributed by atoms with van der Waals surface area (Å²) in [6, 6.07) is 11.7. The van der Waals surface area contributed by atoms with Crippen molar-refractivity contribution in [3.8, 4) is 11.5 Å². The van der Waals surface area contributed by atoms with E-state index >= 15 is 9.59 Å². The third-order valence-corrected chi connectivity index (χ3v) is 15.7. The molecular formula is C53H61Cl6NO17. The maximum Gasteiger partial charge on any atom is 0.413 e. The standard InChI is InChI=1S/C53H61Cl6NO17/c1-24(2)19-31-41(73-43(60(31)48(67)77-49(5,6)7)29-18-17-28(68-10)20-33(29)69-11)45(64)71-32-21-30-40(74-44(63)27-15-13-12-14-16-27)38-36(39(62)42(75-47(66)53(57,58)59)37(25(32)3)50(30,8)9)34(72-46(65)52(54,55)56)22-35-51(38,23-70-35)76-26(4)61/h12-18,20,24,30-32,34-36,38,40-43H,19,21-23H2,1-11H3/t30?,31?,32-,34-,35?,36?,38?,40+,41?,42+,43?,51-/m0/s1. The lowest BCUT2D eigenvalue weighted by Gasteiger charge is -2.63. The summed E-state index contributed by atoms with van der Waals surface area (Å²) in [4.78, 5) is 103. The molecule has 4 fully saturated rings. The number of carbonyl (C=O) groups is 7. The number of carbonyl (C=O) groups excluding carboxylic acids is 7. The van der Waals surface area contributed by atoms with Gasteiger partial charge in [-0.15, -0.1) is 0 Å². The third kappa shape index (κ3) is 12.3. The maximum absolute atomic E-state index is 16.1. The van der Waals surface area contributed by atoms with Crippen LogP contribution >= 0.6 is 69.6 Å². The number of benzene rings is 2. The van der Waals surface area contributed by atoms with Gasteiger partial charge in [-0.3, -0.25) is 14.5 Å². The average molecular weight is 1200 g/mol. The fraction of sp³-hybridized carbons (Fsp3) is 0.604. The van der Waals surface area contributed by atoms with Crippen molar-refractivity contribution in [2.45, 2.75) is 149 Å². The predicted molar refractivity (Wildman–Crippen MR) is 280 cm³/mol. The number of esters is 5. The van der Waals surface area contributed by atoms with E-state index in [2.05, 4.69) is 0 Å². The first kappa shape index (κ1) is 60.4. The van der Waals surface area contributed by atoms with Crippen LogP contribution in [0.4, 0.5) is 4.79 Å². The molecule has 422 valence electrons. The second-order valence-electron chi connectivity index (χ2n) is 21.7. The highest BCUT2D eigenvalue weighted by atomic mass is 35.6. The minimum atomic E-state index is -2.78. The fourth-order valence-electron chi connectivity index (χ4n) is 11.6. The molecule has 2 aromatic carbocycles. The van der Waals surface area contributed by atoms with E-state index in [-0.39, 0.29) is 54.2 Å². The van der Waals surface area contributed by atoms with Crippen LogP contribution in [0.2, 0.25) is 0 Å². The summed E-state index contributed by atoms with van der Waals surface area (Å²) in [6.07, 6.45) is -11.6. The molecule has 24 heteroatoms. The molecule has 0 radical (unpaired) electrons. The van der Waals surface area contributed by atoms with Crippen molar-refractivity contribution in [3.05, 3.63) is 70.8 Å². The summed E-state index contributed by atoms with van der Waals surface area (Å²) in [6.45, 7) is 14.6. The van der Waals surface area contributed by atoms with Crippen molar-refractivity contribution in [1.29, 1.82) is 0 Å². The molecule has 7 rings (SSSR count). The van der Waals surface area contributed by atoms with Crippen molar-refractivity contribution in [1.82, 2.24) is 4.90 Å². The van der Waals surface area contributed by atoms with Gasteiger partial charge in [-0.1, -0.05) is 115 Å². The Hall–Kier alpha value is -4.27. The van der Waals surface area contributed by atoms with Gasteiger partial charge in [0, 0.05) is 30.9 Å². The van der Waals surface area contributed by atoms with Crippen LogP contribution in [0.3, 0.4) is 0 Å². The number of ether oxygens (including phenoxy) is 10. The molecule has 2 saturated heterocycles. The number of methoxy groups -OCH3 is 2. The molecule has 5 aliphatic rings. The predicted octanol–water partition coefficient (Wildman–Crippen LogP) is 9.74. The lowest BCUT2D eigenvalue weighted by atomic mass is 9.50. The Morgan fingerprint density at radius 1 is 0.844 bits per heavy atom. The zero-order valence-corrected chi connectivity index (χ0v) is 48.6. The van der Waals surface area contributed by atoms with Gasteiger partial charge in [0.15, 0.2) is 29.8 Å². The smallest absolute Gasteiger partial charge is 0.413 e. The van der Waals surface area contributed by atoms with E-state index in [1.165, 1.54) is 31.3 Å². The molecule has 3 aliphatic carbocycles. The molecule has 0 N–H and O–H groups in total. The van der Waals surface area contributed by atoms with Gasteiger partial charge in [-0.05, 0) is 87.3 Å². The first-order valence-electron chi connectivity index (χ1n) is 24.7. The van der Waals surface area contributed by atoms with Gasteiger partial charge in [0.25, 0.3) is 7.59 Å². The van der Waals surface area contributed by atoms with Crippen molar-refractivity contribution in [2.75, 3.05) is 20.8 Å². The monoisotopic (exact) mass is 1190 g/mol. The number of ketones is 1. The van der Waals surface area contributed by atoms with Crippen molar-refractivity contribution in [3.63, 3.8) is 0 Å². The SMILES string of the molecule is COc1ccc(C2OC(C(=O)O[C@H]3CC4[C@@H](OC(=O)c5ccccc5)C5C(C(=O)[C@H](OC(=O)C(Cl)(Cl)Cl)C(=C3C)C4(C)C)[C@@H](OC(=O)C(Cl)(Cl)Cl)CC3OC[C@]35OC(C)=O)C(CC(C)C)N2C(=O)OC(C)(C)C)c(OC)c1. The molecule has 77 heavy (non-hydrogen) atoms. The van der Waals surface area contributed by atoms with Gasteiger partial charge in [0.1, 0.15) is 41.5 Å². The van der Waals surface area contributed by atoms with E-state index in [0.717, 1.165) is 6.92 Å². The highest BCUT2D eigenvalue weighted by Crippen LogP contribution is 2.61. The zero-order valence-electron chi connectivity index (χ0n) is 44.0. The van der Waals surface area contributed by atoms with Crippen LogP contribution in [-0.4, -0.2) is 129 Å². The quantitative estimate of drug-likeness (QED) is 0.0836. The number of halogens is 6. The zero-order chi connectivity index (χ0) is 57.1. The van der Waals surface area contributed by atoms with Crippen molar-refractivity contribution in [2.24, 2.45) is 29.1 Å². The second-order valence-corrected chi connectivity index (χ2v) is 26.2. The number of amides is 1. The van der Waals surface area contributed by atoms with E-state index in [0.29, 0.717) is 11.3 Å². The number of fused-ring (bicyclic) bond motifs is 5. The molecule has 2 aliphatic heterocycles. The minimum Gasteiger partial charge on any atom is -0.497 e. The lowest BCUT2D eigenvalue weighted by molar-refractivity contribution is -0.322. The van der Waals surface area contributed by atoms with E-state index in [1.807, 2.05) is 13.8 Å². The van der Waals surface area contributed by atoms with Gasteiger partial charge in [0.2, 0.25) is 0 Å². The van der Waals surface area contributed by atoms with E-state index in [4.69, 9.17) is 117 Å². The second kappa shape index (κ2) is 22.7. The van der Waals surface area contributed by atoms with Gasteiger partial charge < -0.3 is 47.4 Å². The lowest BCUT2D eigenvalue weighted by Crippen LogP contribution is -2.76. The van der Waals surface area contributed by atoms with Crippen LogP contribution < -0.4 is 9.47 Å². The Labute approximate surface area is 476 Å². The Kier molecular flexibility index (Phi) is 17.8. The number of nitrogens with zero attached hydrogens (tertiary/aromatic N) is 1. The summed E-state index contributed by atoms with van der Waals surface area (Å²) in [5.74, 6) is -10.3. The molecule has 7 unspecified atom stereocenters. The summed E-state index contributed by atoms with van der Waals surface area (Å²) < 4.78 is 55.6. The number of hydrogen-bond donors (Lipinski definition) is 0. The topological polar surface area (TPSA) is 215 Å². The highest BCUT2D eigenvalue weighted by molar-refractivity contribution is 6.76. The molecule has 18 nitrogen and oxygen atoms in total. The first-order valence-corrected chi connectivity index (χ1v) is 27.0. The average Bonchev–Trinajstić information content (AvgIpc) is 3.69. The Bertz CT molecular complexity index is 2670. The summed E-state index contributed by atoms with van der Waals surface area (Å²) in [5, 5.41) is 0. The molecular weight excluding hydrogens is 1140 g/mol. The molecule has 0 aromatic heterocycles. The molecule has 2 bridgehead atoms. The Balaban J connectivity index is 1.44. The van der Waals surface area contributed by atoms with Crippen molar-refractivity contribution < 1.29 is 80.9 Å². The number of rotatable bonds is 12. The maximum atomic E-state index is 16.1. The largest absolute Gasteiger partial charge is 0.497 e. The van der Waals surface area contributed by atoms with Gasteiger partial charge in [-0.2, -0.15) is 0 Å². The fourth-order valence-corrected chi connectivity index (χ4v) is 11.8. The molecule has 12 atom stereocenters. The van der Waals surface area contributed by atoms with Crippen molar-refractivity contribution >= 4 is 111 Å². The molecule has 0 spiro atoms. The van der Waals surface area contributed by atoms with E-state index in [9.17, 15) is 24.0 Å². The number of hydrogen-bond acceptors (Lipinski definition) is 17. The van der Waals surface area contributed by atoms with Crippen LogP contribution in [0.15, 0.2) is 59.7 Å². The van der Waals surface area contributed by atoms with E-state index < -0.39 is 133 Å². The minimum absolute atomic E-state index is 0.0284. The number of Topliss-reactive ketones (excluding diaryl/α,β-unsaturated/α-hetero) is 1. The van der Waals surface area contributed by atoms with Gasteiger partial charge >= 0.3 is 35.9 Å². The Morgan fingerprint density at radius 3 is 2.03 bits per heavy atom. The van der Waals surface area contributed by atoms with Gasteiger partial charge in [0.05, 0.1) is 44.3 Å². The summed E-state index contributed by atoms with van der Waals surface area (Å²) in [7, 11) is 2.90. The third-order valence-electron chi connectivity index (χ3n) is 14.7. The van der Waals surface area contributed by atoms with E-state index in [1.54, 1.807) is 77.9 Å². The molecule has 2 saturated carbocycles. The van der Waals surface area contributed by atoms with Crippen LogP contribution in [0, 0.1) is 29.1 Å². The van der Waals surface area contributed by atoms with Crippen LogP contribution in [0.1, 0.15) is 104 Å². The first-order chi connectivity index (χ1) is 35.7. The number of alkyl halides is 6. The summed E-state index contributed by atoms with van der Waals surface area (Å²) >= 11 is 36.6. The Morgan fingerprint density at radius 2 is 1.48 bits per heavy atom. The van der Waals surface area contributed by atoms with Crippen LogP contribution in [0.25, 0.3) is 0 Å².